The summed E-state index contributed by atoms with van der Waals surface area (Å²) < 4.78 is 111. The molecule has 2 saturated carbocycles. The number of likely N-dealkylation sites (N-methyl/N-ethyl adjacent to an activating group) is 1. The number of aryl methyl sites for hydroxylation is 1. The second-order valence-electron chi connectivity index (χ2n) is 10.9. The van der Waals surface area contributed by atoms with Gasteiger partial charge in [-0.3, -0.25) is 4.90 Å². The van der Waals surface area contributed by atoms with Crippen LogP contribution < -0.4 is 4.57 Å². The minimum Gasteiger partial charge on any atom is -0.421 e. The number of aliphatic hydroxyl groups excluding tert-OH is 1. The topological polar surface area (TPSA) is 110 Å². The normalized spacial score (nSPS) is 26.9. The fourth-order valence-corrected chi connectivity index (χ4v) is 7.30. The molecule has 0 unspecified atom stereocenters. The van der Waals surface area contributed by atoms with Crippen molar-refractivity contribution in [3.8, 4) is 0 Å². The van der Waals surface area contributed by atoms with Crippen molar-refractivity contribution in [3.63, 3.8) is 0 Å². The Morgan fingerprint density at radius 2 is 1.62 bits per heavy atom. The van der Waals surface area contributed by atoms with Gasteiger partial charge in [0.15, 0.2) is 32.4 Å². The monoisotopic (exact) mass is 611 g/mol. The highest BCUT2D eigenvalue weighted by molar-refractivity contribution is 8.13. The van der Waals surface area contributed by atoms with E-state index in [9.17, 15) is 48.3 Å². The van der Waals surface area contributed by atoms with Crippen LogP contribution in [0.1, 0.15) is 58.9 Å². The van der Waals surface area contributed by atoms with Crippen molar-refractivity contribution >= 4 is 20.0 Å². The van der Waals surface area contributed by atoms with Crippen molar-refractivity contribution in [3.05, 3.63) is 34.2 Å². The zero-order valence-electron chi connectivity index (χ0n) is 22.3. The summed E-state index contributed by atoms with van der Waals surface area (Å²) in [6, 6.07) is 4.65. The number of rotatable bonds is 8. The van der Waals surface area contributed by atoms with Crippen LogP contribution in [0.25, 0.3) is 4.13 Å². The summed E-state index contributed by atoms with van der Waals surface area (Å²) in [4.78, 5) is 2.40. The van der Waals surface area contributed by atoms with E-state index < -0.39 is 31.1 Å². The first-order chi connectivity index (χ1) is 17.5. The summed E-state index contributed by atoms with van der Waals surface area (Å²) in [7, 11) is -11.3. The van der Waals surface area contributed by atoms with Crippen LogP contribution in [0, 0.1) is 16.7 Å². The first-order valence-corrected chi connectivity index (χ1v) is 15.1. The molecule has 0 spiro atoms. The Bertz CT molecular complexity index is 1180. The van der Waals surface area contributed by atoms with Gasteiger partial charge in [-0.1, -0.05) is 34.1 Å². The molecule has 3 rings (SSSR count). The largest absolute Gasteiger partial charge is 0.480 e. The number of alkyl halides is 6. The number of fused-ring (bicyclic) bond motifs is 2. The van der Waals surface area contributed by atoms with E-state index >= 15 is 0 Å². The molecular weight excluding hydrogens is 576 g/mol. The van der Waals surface area contributed by atoms with Crippen molar-refractivity contribution in [2.75, 3.05) is 7.05 Å². The number of aliphatic hydroxyl groups is 1. The van der Waals surface area contributed by atoms with Gasteiger partial charge in [0.05, 0.1) is 6.10 Å². The van der Waals surface area contributed by atoms with Gasteiger partial charge in [0, 0.05) is 36.1 Å². The van der Waals surface area contributed by atoms with Crippen LogP contribution >= 0.6 is 0 Å². The summed E-state index contributed by atoms with van der Waals surface area (Å²) in [5.74, 6) is 0.596. The van der Waals surface area contributed by atoms with Crippen LogP contribution in [0.5, 0.6) is 0 Å². The molecular formula is C23H35F6N3O5S2. The van der Waals surface area contributed by atoms with Crippen LogP contribution in [-0.4, -0.2) is 57.1 Å². The van der Waals surface area contributed by atoms with E-state index in [4.69, 9.17) is 0 Å². The average Bonchev–Trinajstić information content (AvgIpc) is 3.08. The predicted molar refractivity (Wildman–Crippen MR) is 131 cm³/mol. The molecule has 0 aliphatic heterocycles. The fraction of sp³-hybridized carbons (Fsp3) is 0.783. The maximum Gasteiger partial charge on any atom is 0.480 e. The maximum atomic E-state index is 11.4. The number of halogens is 6. The molecule has 1 N–H and O–H groups in total. The molecule has 8 nitrogen and oxygen atoms in total. The number of unbranched alkanes of at least 4 members (excludes halogenated alkanes) is 1. The fourth-order valence-electron chi connectivity index (χ4n) is 5.59. The molecule has 226 valence electrons. The van der Waals surface area contributed by atoms with Gasteiger partial charge in [0.1, 0.15) is 6.54 Å². The van der Waals surface area contributed by atoms with Crippen LogP contribution in [0.15, 0.2) is 24.5 Å². The third kappa shape index (κ3) is 6.88. The summed E-state index contributed by atoms with van der Waals surface area (Å²) >= 11 is 0. The van der Waals surface area contributed by atoms with Crippen molar-refractivity contribution in [2.24, 2.45) is 16.7 Å². The molecule has 0 radical (unpaired) electrons. The van der Waals surface area contributed by atoms with Crippen LogP contribution in [0.2, 0.25) is 0 Å². The number of pyridine rings is 1. The molecule has 39 heavy (non-hydrogen) atoms. The molecule has 4 atom stereocenters. The summed E-state index contributed by atoms with van der Waals surface area (Å²) in [5.41, 5.74) is -10.8. The van der Waals surface area contributed by atoms with Gasteiger partial charge in [-0.25, -0.2) is 21.4 Å². The second kappa shape index (κ2) is 11.4. The summed E-state index contributed by atoms with van der Waals surface area (Å²) in [6.45, 7) is 11.3. The van der Waals surface area contributed by atoms with E-state index in [0.29, 0.717) is 5.92 Å². The smallest absolute Gasteiger partial charge is 0.421 e. The van der Waals surface area contributed by atoms with Crippen LogP contribution in [0.3, 0.4) is 0 Å². The van der Waals surface area contributed by atoms with Crippen molar-refractivity contribution < 1.29 is 52.9 Å². The highest BCUT2D eigenvalue weighted by Gasteiger charge is 2.66. The maximum absolute atomic E-state index is 11.4. The molecule has 16 heteroatoms. The third-order valence-corrected chi connectivity index (χ3v) is 10.9. The lowest BCUT2D eigenvalue weighted by Gasteiger charge is -2.39. The first kappa shape index (κ1) is 33.7. The molecule has 2 aliphatic rings. The quantitative estimate of drug-likeness (QED) is 0.344. The Hall–Kier alpha value is -1.49. The molecule has 1 heterocycles. The van der Waals surface area contributed by atoms with E-state index in [1.165, 1.54) is 31.2 Å². The van der Waals surface area contributed by atoms with E-state index in [1.807, 2.05) is 0 Å². The van der Waals surface area contributed by atoms with Crippen molar-refractivity contribution in [1.29, 1.82) is 0 Å². The van der Waals surface area contributed by atoms with E-state index in [1.54, 1.807) is 0 Å². The lowest BCUT2D eigenvalue weighted by Crippen LogP contribution is -2.47. The molecule has 0 aromatic carbocycles. The number of hydrogen-bond donors (Lipinski definition) is 1. The third-order valence-electron chi connectivity index (χ3n) is 8.17. The molecule has 2 aliphatic carbocycles. The zero-order valence-corrected chi connectivity index (χ0v) is 23.9. The minimum atomic E-state index is -6.72. The Kier molecular flexibility index (Phi) is 9.87. The van der Waals surface area contributed by atoms with E-state index in [0.717, 1.165) is 17.2 Å². The van der Waals surface area contributed by atoms with Gasteiger partial charge in [-0.15, -0.1) is 0 Å². The van der Waals surface area contributed by atoms with Crippen LogP contribution in [0.4, 0.5) is 26.3 Å². The molecule has 2 bridgehead atoms. The van der Waals surface area contributed by atoms with Crippen molar-refractivity contribution in [1.82, 2.24) is 4.90 Å². The molecule has 1 aromatic rings. The Morgan fingerprint density at radius 3 is 2.05 bits per heavy atom. The average molecular weight is 612 g/mol. The lowest BCUT2D eigenvalue weighted by molar-refractivity contribution is -0.697. The molecule has 1 aromatic heterocycles. The molecule has 0 amide bonds. The van der Waals surface area contributed by atoms with E-state index in [2.05, 4.69) is 68.7 Å². The zero-order chi connectivity index (χ0) is 30.2. The number of nitrogens with zero attached hydrogens (tertiary/aromatic N) is 3. The summed E-state index contributed by atoms with van der Waals surface area (Å²) in [6.07, 6.45) is 9.08. The van der Waals surface area contributed by atoms with E-state index in [-0.39, 0.29) is 23.0 Å². The van der Waals surface area contributed by atoms with Gasteiger partial charge >= 0.3 is 11.0 Å². The highest BCUT2D eigenvalue weighted by atomic mass is 32.3. The SMILES string of the molecule is CCCC[n+]1cccc(CN(C)[C@@H]2[C@H]3CC[C@@](C)([C@@H]2O)C3(C)C)c1.O=S(=O)([N-]S(=O)(=O)C(F)(F)F)C(F)(F)F. The Morgan fingerprint density at radius 1 is 1.08 bits per heavy atom. The number of hydrogen-bond acceptors (Lipinski definition) is 6. The van der Waals surface area contributed by atoms with Gasteiger partial charge in [0.2, 0.25) is 0 Å². The highest BCUT2D eigenvalue weighted by Crippen LogP contribution is 2.66. The van der Waals surface area contributed by atoms with Crippen molar-refractivity contribution in [2.45, 2.75) is 89.6 Å². The Labute approximate surface area is 225 Å². The lowest BCUT2D eigenvalue weighted by atomic mass is 9.70. The molecule has 0 saturated heterocycles. The van der Waals surface area contributed by atoms with Gasteiger partial charge in [0.25, 0.3) is 0 Å². The van der Waals surface area contributed by atoms with Crippen LogP contribution in [-0.2, 0) is 33.1 Å². The minimum absolute atomic E-state index is 0.0638. The van der Waals surface area contributed by atoms with Gasteiger partial charge < -0.3 is 9.23 Å². The Balaban J connectivity index is 0.000000309. The molecule has 2 fully saturated rings. The standard InChI is InChI=1S/C21H35N2O.C2F6NO4S2/c1-6-7-12-23-13-8-9-16(15-23)14-22(5)18-17-10-11-21(4,19(18)24)20(17,2)3;3-1(4,5)14(10,11)9-15(12,13)2(6,7)8/h8-9,13,15,17-19,24H,6-7,10-12,14H2,1-5H3;/q+1;-1/t17-,18-,19-,21+;/m1./s1. The van der Waals surface area contributed by atoms with Gasteiger partial charge in [-0.05, 0) is 37.3 Å². The number of aromatic nitrogens is 1. The first-order valence-electron chi connectivity index (χ1n) is 12.2. The summed E-state index contributed by atoms with van der Waals surface area (Å²) in [5, 5.41) is 11.0. The predicted octanol–water partition coefficient (Wildman–Crippen LogP) is 4.45. The van der Waals surface area contributed by atoms with Gasteiger partial charge in [-0.2, -0.15) is 26.3 Å². The number of sulfonamides is 2. The second-order valence-corrected chi connectivity index (χ2v) is 14.3.